The Kier molecular flexibility index (Phi) is 3.85. The summed E-state index contributed by atoms with van der Waals surface area (Å²) in [7, 11) is 2.12. The molecule has 1 aliphatic rings. The number of aromatic nitrogens is 2. The Morgan fingerprint density at radius 3 is 2.63 bits per heavy atom. The maximum atomic E-state index is 11.3. The Labute approximate surface area is 113 Å². The van der Waals surface area contributed by atoms with Crippen molar-refractivity contribution in [1.82, 2.24) is 14.9 Å². The van der Waals surface area contributed by atoms with E-state index in [1.165, 1.54) is 0 Å². The second-order valence-corrected chi connectivity index (χ2v) is 5.81. The number of piperidine rings is 1. The largest absolute Gasteiger partial charge is 0.481 e. The van der Waals surface area contributed by atoms with Crippen molar-refractivity contribution in [3.8, 4) is 0 Å². The third-order valence-electron chi connectivity index (χ3n) is 3.91. The molecule has 2 heterocycles. The van der Waals surface area contributed by atoms with Crippen LogP contribution in [-0.2, 0) is 10.2 Å². The summed E-state index contributed by atoms with van der Waals surface area (Å²) in [6.07, 6.45) is 3.82. The molecule has 0 aromatic carbocycles. The Morgan fingerprint density at radius 1 is 1.42 bits per heavy atom. The summed E-state index contributed by atoms with van der Waals surface area (Å²) in [6, 6.07) is 1.91. The Hall–Kier alpha value is -1.49. The van der Waals surface area contributed by atoms with Gasteiger partial charge in [0.2, 0.25) is 0 Å². The molecule has 1 aromatic rings. The predicted octanol–water partition coefficient (Wildman–Crippen LogP) is 1.65. The monoisotopic (exact) mass is 263 g/mol. The van der Waals surface area contributed by atoms with Crippen LogP contribution in [0.1, 0.15) is 44.1 Å². The standard InChI is InChI=1S/C14H21N3O2/c1-14(2,13(18)19)12-15-7-4-11(16-12)10-5-8-17(3)9-6-10/h4,7,10H,5-6,8-9H2,1-3H3,(H,18,19). The summed E-state index contributed by atoms with van der Waals surface area (Å²) in [4.78, 5) is 22.2. The molecule has 0 spiro atoms. The van der Waals surface area contributed by atoms with Crippen molar-refractivity contribution < 1.29 is 9.90 Å². The first kappa shape index (κ1) is 13.9. The average Bonchev–Trinajstić information content (AvgIpc) is 2.39. The van der Waals surface area contributed by atoms with E-state index < -0.39 is 11.4 Å². The molecule has 104 valence electrons. The van der Waals surface area contributed by atoms with Gasteiger partial charge in [0, 0.05) is 17.8 Å². The van der Waals surface area contributed by atoms with Crippen LogP contribution in [0.4, 0.5) is 0 Å². The minimum absolute atomic E-state index is 0.399. The molecular weight excluding hydrogens is 242 g/mol. The molecule has 0 bridgehead atoms. The molecule has 0 radical (unpaired) electrons. The molecule has 5 nitrogen and oxygen atoms in total. The van der Waals surface area contributed by atoms with Crippen LogP contribution in [0.25, 0.3) is 0 Å². The van der Waals surface area contributed by atoms with Gasteiger partial charge in [-0.05, 0) is 52.9 Å². The smallest absolute Gasteiger partial charge is 0.316 e. The lowest BCUT2D eigenvalue weighted by Crippen LogP contribution is -2.32. The quantitative estimate of drug-likeness (QED) is 0.898. The first-order valence-electron chi connectivity index (χ1n) is 6.66. The van der Waals surface area contributed by atoms with Crippen LogP contribution in [0.3, 0.4) is 0 Å². The summed E-state index contributed by atoms with van der Waals surface area (Å²) in [6.45, 7) is 5.41. The van der Waals surface area contributed by atoms with Crippen LogP contribution in [-0.4, -0.2) is 46.1 Å². The zero-order valence-electron chi connectivity index (χ0n) is 11.8. The van der Waals surface area contributed by atoms with Gasteiger partial charge in [-0.15, -0.1) is 0 Å². The van der Waals surface area contributed by atoms with Crippen molar-refractivity contribution in [2.75, 3.05) is 20.1 Å². The molecule has 1 N–H and O–H groups in total. The number of aliphatic carboxylic acids is 1. The minimum atomic E-state index is -1.04. The van der Waals surface area contributed by atoms with Gasteiger partial charge in [-0.2, -0.15) is 0 Å². The highest BCUT2D eigenvalue weighted by Gasteiger charge is 2.33. The van der Waals surface area contributed by atoms with E-state index in [0.717, 1.165) is 31.6 Å². The molecule has 1 fully saturated rings. The lowest BCUT2D eigenvalue weighted by atomic mass is 9.90. The fraction of sp³-hybridized carbons (Fsp3) is 0.643. The molecule has 0 aliphatic carbocycles. The number of hydrogen-bond acceptors (Lipinski definition) is 4. The zero-order chi connectivity index (χ0) is 14.0. The summed E-state index contributed by atoms with van der Waals surface area (Å²) in [5.74, 6) is -0.0769. The van der Waals surface area contributed by atoms with Crippen molar-refractivity contribution in [1.29, 1.82) is 0 Å². The normalized spacial score (nSPS) is 18.5. The Morgan fingerprint density at radius 2 is 2.05 bits per heavy atom. The highest BCUT2D eigenvalue weighted by atomic mass is 16.4. The molecule has 0 atom stereocenters. The van der Waals surface area contributed by atoms with Crippen molar-refractivity contribution in [3.05, 3.63) is 23.8 Å². The zero-order valence-corrected chi connectivity index (χ0v) is 11.8. The minimum Gasteiger partial charge on any atom is -0.481 e. The van der Waals surface area contributed by atoms with Crippen molar-refractivity contribution in [2.45, 2.75) is 38.0 Å². The maximum absolute atomic E-state index is 11.3. The Balaban J connectivity index is 2.22. The van der Waals surface area contributed by atoms with Crippen LogP contribution in [0, 0.1) is 0 Å². The van der Waals surface area contributed by atoms with Crippen LogP contribution in [0.15, 0.2) is 12.3 Å². The first-order valence-corrected chi connectivity index (χ1v) is 6.66. The summed E-state index contributed by atoms with van der Waals surface area (Å²) in [5, 5.41) is 9.24. The van der Waals surface area contributed by atoms with E-state index in [-0.39, 0.29) is 0 Å². The average molecular weight is 263 g/mol. The molecule has 0 amide bonds. The molecule has 1 saturated heterocycles. The lowest BCUT2D eigenvalue weighted by Gasteiger charge is -2.29. The molecular formula is C14H21N3O2. The summed E-state index contributed by atoms with van der Waals surface area (Å²) in [5.41, 5.74) is -0.0611. The SMILES string of the molecule is CN1CCC(c2ccnc(C(C)(C)C(=O)O)n2)CC1. The molecule has 0 saturated carbocycles. The van der Waals surface area contributed by atoms with Crippen LogP contribution in [0.2, 0.25) is 0 Å². The molecule has 2 rings (SSSR count). The highest BCUT2D eigenvalue weighted by Crippen LogP contribution is 2.27. The van der Waals surface area contributed by atoms with Crippen molar-refractivity contribution in [3.63, 3.8) is 0 Å². The van der Waals surface area contributed by atoms with E-state index in [0.29, 0.717) is 11.7 Å². The highest BCUT2D eigenvalue weighted by molar-refractivity contribution is 5.78. The van der Waals surface area contributed by atoms with Crippen molar-refractivity contribution in [2.24, 2.45) is 0 Å². The number of likely N-dealkylation sites (tertiary alicyclic amines) is 1. The Bertz CT molecular complexity index is 466. The number of nitrogens with zero attached hydrogens (tertiary/aromatic N) is 3. The fourth-order valence-corrected chi connectivity index (χ4v) is 2.30. The number of rotatable bonds is 3. The summed E-state index contributed by atoms with van der Waals surface area (Å²) >= 11 is 0. The predicted molar refractivity (Wildman–Crippen MR) is 72.2 cm³/mol. The van der Waals surface area contributed by atoms with Gasteiger partial charge in [-0.1, -0.05) is 0 Å². The van der Waals surface area contributed by atoms with Crippen LogP contribution in [0.5, 0.6) is 0 Å². The van der Waals surface area contributed by atoms with Gasteiger partial charge in [0.15, 0.2) is 0 Å². The van der Waals surface area contributed by atoms with E-state index in [4.69, 9.17) is 0 Å². The van der Waals surface area contributed by atoms with E-state index in [2.05, 4.69) is 21.9 Å². The van der Waals surface area contributed by atoms with Gasteiger partial charge in [-0.25, -0.2) is 9.97 Å². The maximum Gasteiger partial charge on any atom is 0.316 e. The van der Waals surface area contributed by atoms with Gasteiger partial charge in [0.25, 0.3) is 0 Å². The van der Waals surface area contributed by atoms with Crippen LogP contribution < -0.4 is 0 Å². The van der Waals surface area contributed by atoms with Gasteiger partial charge in [0.1, 0.15) is 11.2 Å². The lowest BCUT2D eigenvalue weighted by molar-refractivity contribution is -0.142. The first-order chi connectivity index (χ1) is 8.91. The second-order valence-electron chi connectivity index (χ2n) is 5.81. The topological polar surface area (TPSA) is 66.3 Å². The molecule has 5 heteroatoms. The third kappa shape index (κ3) is 2.92. The van der Waals surface area contributed by atoms with Crippen LogP contribution >= 0.6 is 0 Å². The number of hydrogen-bond donors (Lipinski definition) is 1. The molecule has 1 aliphatic heterocycles. The molecule has 0 unspecified atom stereocenters. The van der Waals surface area contributed by atoms with E-state index in [1.807, 2.05) is 6.07 Å². The van der Waals surface area contributed by atoms with Gasteiger partial charge >= 0.3 is 5.97 Å². The molecule has 19 heavy (non-hydrogen) atoms. The van der Waals surface area contributed by atoms with Gasteiger partial charge in [-0.3, -0.25) is 4.79 Å². The van der Waals surface area contributed by atoms with E-state index in [1.54, 1.807) is 20.0 Å². The van der Waals surface area contributed by atoms with Gasteiger partial charge in [0.05, 0.1) is 0 Å². The number of carboxylic acid groups (broad SMARTS) is 1. The second kappa shape index (κ2) is 5.25. The van der Waals surface area contributed by atoms with E-state index >= 15 is 0 Å². The van der Waals surface area contributed by atoms with Crippen molar-refractivity contribution >= 4 is 5.97 Å². The number of carbonyl (C=O) groups is 1. The summed E-state index contributed by atoms with van der Waals surface area (Å²) < 4.78 is 0. The fourth-order valence-electron chi connectivity index (χ4n) is 2.30. The number of carboxylic acids is 1. The van der Waals surface area contributed by atoms with E-state index in [9.17, 15) is 9.90 Å². The third-order valence-corrected chi connectivity index (χ3v) is 3.91. The molecule has 1 aromatic heterocycles. The van der Waals surface area contributed by atoms with Gasteiger partial charge < -0.3 is 10.0 Å².